The first-order chi connectivity index (χ1) is 14.4. The van der Waals surface area contributed by atoms with Crippen molar-refractivity contribution in [1.29, 1.82) is 0 Å². The van der Waals surface area contributed by atoms with E-state index in [0.717, 1.165) is 25.9 Å². The Morgan fingerprint density at radius 1 is 1.29 bits per heavy atom. The van der Waals surface area contributed by atoms with Gasteiger partial charge in [-0.15, -0.1) is 35.3 Å². The highest BCUT2D eigenvalue weighted by Crippen LogP contribution is 2.25. The number of halogens is 4. The molecule has 1 aliphatic rings. The summed E-state index contributed by atoms with van der Waals surface area (Å²) in [6.07, 6.45) is -1.04. The Balaban J connectivity index is 0.00000341. The molecule has 0 saturated carbocycles. The number of thiophene rings is 1. The number of pyridine rings is 1. The monoisotopic (exact) mass is 569 g/mol. The van der Waals surface area contributed by atoms with Crippen LogP contribution in [0.4, 0.5) is 18.2 Å². The van der Waals surface area contributed by atoms with Gasteiger partial charge in [0.15, 0.2) is 12.6 Å². The van der Waals surface area contributed by atoms with Crippen LogP contribution in [0.3, 0.4) is 0 Å². The first-order valence-electron chi connectivity index (χ1n) is 9.91. The Labute approximate surface area is 201 Å². The minimum atomic E-state index is -4.41. The third-order valence-corrected chi connectivity index (χ3v) is 5.56. The van der Waals surface area contributed by atoms with E-state index in [0.29, 0.717) is 18.1 Å². The zero-order chi connectivity index (χ0) is 21.4. The normalized spacial score (nSPS) is 15.4. The van der Waals surface area contributed by atoms with E-state index < -0.39 is 12.8 Å². The molecule has 0 bridgehead atoms. The standard InChI is InChI=1S/C20H26F3N5OS.HI/c1-2-24-19(27-16-7-10-28(11-8-16)17-6-4-12-30-17)26-13-15-5-3-9-25-18(15)29-14-20(21,22)23;/h3-6,9,12,16H,2,7-8,10-11,13-14H2,1H3,(H2,24,26,27);1H. The minimum absolute atomic E-state index is 0. The van der Waals surface area contributed by atoms with E-state index in [2.05, 4.69) is 43.0 Å². The third-order valence-electron chi connectivity index (χ3n) is 4.63. The van der Waals surface area contributed by atoms with Crippen LogP contribution < -0.4 is 20.3 Å². The van der Waals surface area contributed by atoms with Crippen LogP contribution in [0.5, 0.6) is 5.88 Å². The molecule has 6 nitrogen and oxygen atoms in total. The predicted octanol–water partition coefficient (Wildman–Crippen LogP) is 4.43. The molecular formula is C20H27F3IN5OS. The number of anilines is 1. The van der Waals surface area contributed by atoms with Gasteiger partial charge in [-0.1, -0.05) is 6.07 Å². The van der Waals surface area contributed by atoms with Crippen LogP contribution in [-0.2, 0) is 6.54 Å². The van der Waals surface area contributed by atoms with Gasteiger partial charge in [-0.25, -0.2) is 9.98 Å². The van der Waals surface area contributed by atoms with Gasteiger partial charge >= 0.3 is 6.18 Å². The average molecular weight is 569 g/mol. The molecule has 2 aromatic heterocycles. The molecule has 0 unspecified atom stereocenters. The van der Waals surface area contributed by atoms with Crippen LogP contribution >= 0.6 is 35.3 Å². The molecule has 0 aromatic carbocycles. The van der Waals surface area contributed by atoms with Crippen LogP contribution in [-0.4, -0.2) is 49.4 Å². The summed E-state index contributed by atoms with van der Waals surface area (Å²) in [5, 5.41) is 10.0. The van der Waals surface area contributed by atoms with Gasteiger partial charge in [-0.3, -0.25) is 0 Å². The predicted molar refractivity (Wildman–Crippen MR) is 129 cm³/mol. The molecule has 2 aromatic rings. The molecule has 0 atom stereocenters. The summed E-state index contributed by atoms with van der Waals surface area (Å²) >= 11 is 1.75. The quantitative estimate of drug-likeness (QED) is 0.294. The summed E-state index contributed by atoms with van der Waals surface area (Å²) in [5.41, 5.74) is 0.506. The molecular weight excluding hydrogens is 542 g/mol. The molecule has 2 N–H and O–H groups in total. The lowest BCUT2D eigenvalue weighted by Crippen LogP contribution is -2.48. The molecule has 1 fully saturated rings. The molecule has 0 spiro atoms. The highest BCUT2D eigenvalue weighted by atomic mass is 127. The summed E-state index contributed by atoms with van der Waals surface area (Å²) in [6, 6.07) is 7.81. The molecule has 0 radical (unpaired) electrons. The van der Waals surface area contributed by atoms with E-state index in [9.17, 15) is 13.2 Å². The number of alkyl halides is 3. The molecule has 3 heterocycles. The number of aliphatic imine (C=N–C) groups is 1. The molecule has 0 aliphatic carbocycles. The SMILES string of the molecule is CCNC(=NCc1cccnc1OCC(F)(F)F)NC1CCN(c2cccs2)CC1.I. The molecule has 11 heteroatoms. The molecule has 31 heavy (non-hydrogen) atoms. The van der Waals surface area contributed by atoms with Crippen molar-refractivity contribution in [3.05, 3.63) is 41.4 Å². The van der Waals surface area contributed by atoms with E-state index in [1.165, 1.54) is 11.2 Å². The zero-order valence-electron chi connectivity index (χ0n) is 17.2. The van der Waals surface area contributed by atoms with Gasteiger partial charge in [0.25, 0.3) is 0 Å². The second-order valence-corrected chi connectivity index (χ2v) is 7.85. The van der Waals surface area contributed by atoms with Crippen molar-refractivity contribution >= 4 is 46.3 Å². The topological polar surface area (TPSA) is 61.8 Å². The lowest BCUT2D eigenvalue weighted by Gasteiger charge is -2.33. The van der Waals surface area contributed by atoms with Gasteiger partial charge in [0, 0.05) is 37.4 Å². The fourth-order valence-electron chi connectivity index (χ4n) is 3.20. The highest BCUT2D eigenvalue weighted by molar-refractivity contribution is 14.0. The van der Waals surface area contributed by atoms with Crippen LogP contribution in [0.25, 0.3) is 0 Å². The molecule has 0 amide bonds. The third kappa shape index (κ3) is 8.36. The van der Waals surface area contributed by atoms with Gasteiger partial charge in [0.05, 0.1) is 11.5 Å². The second kappa shape index (κ2) is 12.3. The Morgan fingerprint density at radius 2 is 2.06 bits per heavy atom. The smallest absolute Gasteiger partial charge is 0.422 e. The Morgan fingerprint density at radius 3 is 2.71 bits per heavy atom. The maximum absolute atomic E-state index is 12.5. The average Bonchev–Trinajstić information content (AvgIpc) is 3.26. The van der Waals surface area contributed by atoms with Crippen molar-refractivity contribution in [2.24, 2.45) is 4.99 Å². The number of piperidine rings is 1. The lowest BCUT2D eigenvalue weighted by molar-refractivity contribution is -0.154. The number of nitrogens with zero attached hydrogens (tertiary/aromatic N) is 3. The van der Waals surface area contributed by atoms with Crippen molar-refractivity contribution in [2.45, 2.75) is 38.5 Å². The maximum atomic E-state index is 12.5. The fourth-order valence-corrected chi connectivity index (χ4v) is 3.98. The largest absolute Gasteiger partial charge is 0.468 e. The van der Waals surface area contributed by atoms with Crippen molar-refractivity contribution in [3.8, 4) is 5.88 Å². The van der Waals surface area contributed by atoms with E-state index in [1.54, 1.807) is 23.5 Å². The van der Waals surface area contributed by atoms with Crippen molar-refractivity contribution in [2.75, 3.05) is 31.1 Å². The molecule has 172 valence electrons. The number of aromatic nitrogens is 1. The van der Waals surface area contributed by atoms with E-state index >= 15 is 0 Å². The van der Waals surface area contributed by atoms with E-state index in [-0.39, 0.29) is 42.4 Å². The fraction of sp³-hybridized carbons (Fsp3) is 0.500. The Hall–Kier alpha value is -1.76. The molecule has 1 aliphatic heterocycles. The van der Waals surface area contributed by atoms with Crippen LogP contribution in [0, 0.1) is 0 Å². The number of hydrogen-bond acceptors (Lipinski definition) is 5. The van der Waals surface area contributed by atoms with Gasteiger partial charge < -0.3 is 20.3 Å². The van der Waals surface area contributed by atoms with Gasteiger partial charge in [-0.2, -0.15) is 13.2 Å². The number of guanidine groups is 1. The Kier molecular flexibility index (Phi) is 10.1. The van der Waals surface area contributed by atoms with E-state index in [1.807, 2.05) is 6.92 Å². The number of rotatable bonds is 7. The molecule has 3 rings (SSSR count). The lowest BCUT2D eigenvalue weighted by atomic mass is 10.1. The zero-order valence-corrected chi connectivity index (χ0v) is 20.3. The first kappa shape index (κ1) is 25.5. The summed E-state index contributed by atoms with van der Waals surface area (Å²) in [5.74, 6) is 0.594. The van der Waals surface area contributed by atoms with Crippen molar-refractivity contribution in [1.82, 2.24) is 15.6 Å². The minimum Gasteiger partial charge on any atom is -0.468 e. The number of hydrogen-bond donors (Lipinski definition) is 2. The van der Waals surface area contributed by atoms with Crippen molar-refractivity contribution < 1.29 is 17.9 Å². The maximum Gasteiger partial charge on any atom is 0.422 e. The Bertz CT molecular complexity index is 811. The first-order valence-corrected chi connectivity index (χ1v) is 10.8. The molecule has 1 saturated heterocycles. The summed E-state index contributed by atoms with van der Waals surface area (Å²) in [6.45, 7) is 3.39. The van der Waals surface area contributed by atoms with Gasteiger partial charge in [0.1, 0.15) is 0 Å². The van der Waals surface area contributed by atoms with Gasteiger partial charge in [-0.05, 0) is 43.3 Å². The van der Waals surface area contributed by atoms with Crippen LogP contribution in [0.1, 0.15) is 25.3 Å². The second-order valence-electron chi connectivity index (χ2n) is 6.92. The number of nitrogens with one attached hydrogen (secondary N) is 2. The summed E-state index contributed by atoms with van der Waals surface area (Å²) < 4.78 is 42.2. The summed E-state index contributed by atoms with van der Waals surface area (Å²) in [4.78, 5) is 10.8. The number of ether oxygens (including phenoxy) is 1. The van der Waals surface area contributed by atoms with Crippen LogP contribution in [0.15, 0.2) is 40.8 Å². The summed E-state index contributed by atoms with van der Waals surface area (Å²) in [7, 11) is 0. The van der Waals surface area contributed by atoms with Crippen molar-refractivity contribution in [3.63, 3.8) is 0 Å². The van der Waals surface area contributed by atoms with Crippen LogP contribution in [0.2, 0.25) is 0 Å². The van der Waals surface area contributed by atoms with Gasteiger partial charge in [0.2, 0.25) is 5.88 Å². The highest BCUT2D eigenvalue weighted by Gasteiger charge is 2.29. The van der Waals surface area contributed by atoms with E-state index in [4.69, 9.17) is 4.74 Å².